The second kappa shape index (κ2) is 1.86. The predicted octanol–water partition coefficient (Wildman–Crippen LogP) is -0.0761. The average Bonchev–Trinajstić information content (AvgIpc) is 1.35. The van der Waals surface area contributed by atoms with Crippen molar-refractivity contribution in [2.75, 3.05) is 13.4 Å². The first-order chi connectivity index (χ1) is 2.56. The third-order valence-corrected chi connectivity index (χ3v) is 1.32. The molecule has 0 aliphatic carbocycles. The van der Waals surface area contributed by atoms with Crippen LogP contribution in [-0.4, -0.2) is 17.6 Å². The summed E-state index contributed by atoms with van der Waals surface area (Å²) < 4.78 is 14.4. The van der Waals surface area contributed by atoms with Crippen LogP contribution >= 0.6 is 0 Å². The van der Waals surface area contributed by atoms with Gasteiger partial charge in [-0.25, -0.2) is 4.21 Å². The molecule has 0 rings (SSSR count). The smallest absolute Gasteiger partial charge is 0.140 e. The Morgan fingerprint density at radius 2 is 2.00 bits per heavy atom. The van der Waals surface area contributed by atoms with Crippen molar-refractivity contribution in [3.05, 3.63) is 0 Å². The van der Waals surface area contributed by atoms with E-state index in [-0.39, 0.29) is 0 Å². The van der Waals surface area contributed by atoms with Crippen LogP contribution < -0.4 is 0 Å². The highest BCUT2D eigenvalue weighted by atomic mass is 32.8. The Morgan fingerprint density at radius 1 is 1.83 bits per heavy atom. The molecule has 38 valence electrons. The van der Waals surface area contributed by atoms with Crippen molar-refractivity contribution in [1.29, 1.82) is 0 Å². The molecule has 0 N–H and O–H groups in total. The first-order valence-electron chi connectivity index (χ1n) is 1.32. The quantitative estimate of drug-likeness (QED) is 0.491. The van der Waals surface area contributed by atoms with Gasteiger partial charge in [0.25, 0.3) is 0 Å². The normalized spacial score (nSPS) is 19.7. The lowest BCUT2D eigenvalue weighted by Crippen LogP contribution is -1.93. The van der Waals surface area contributed by atoms with Crippen LogP contribution in [0.3, 0.4) is 0 Å². The molecule has 0 fully saturated rings. The van der Waals surface area contributed by atoms with Crippen LogP contribution in [0.15, 0.2) is 0 Å². The highest BCUT2D eigenvalue weighted by Crippen LogP contribution is 1.77. The molecule has 1 atom stereocenters. The van der Waals surface area contributed by atoms with E-state index >= 15 is 0 Å². The Hall–Kier alpha value is 0.330. The molecule has 4 heteroatoms. The maximum Gasteiger partial charge on any atom is 0.140 e. The van der Waals surface area contributed by atoms with E-state index in [2.05, 4.69) is 15.4 Å². The molecule has 0 amide bonds. The molecule has 0 aromatic heterocycles. The molecule has 2 nitrogen and oxygen atoms in total. The van der Waals surface area contributed by atoms with Crippen LogP contribution in [0.2, 0.25) is 0 Å². The van der Waals surface area contributed by atoms with Gasteiger partial charge in [0.05, 0.1) is 7.11 Å². The van der Waals surface area contributed by atoms with Gasteiger partial charge in [-0.15, -0.1) is 0 Å². The molecule has 0 saturated heterocycles. The van der Waals surface area contributed by atoms with E-state index in [0.29, 0.717) is 0 Å². The van der Waals surface area contributed by atoms with Gasteiger partial charge >= 0.3 is 0 Å². The molecule has 0 unspecified atom stereocenters. The number of rotatable bonds is 1. The summed E-state index contributed by atoms with van der Waals surface area (Å²) in [6.45, 7) is 0. The van der Waals surface area contributed by atoms with Crippen LogP contribution in [0, 0.1) is 0 Å². The van der Waals surface area contributed by atoms with Gasteiger partial charge < -0.3 is 0 Å². The van der Waals surface area contributed by atoms with Gasteiger partial charge in [0.1, 0.15) is 8.77 Å². The van der Waals surface area contributed by atoms with Crippen molar-refractivity contribution in [1.82, 2.24) is 0 Å². The predicted molar refractivity (Wildman–Crippen MR) is 28.4 cm³/mol. The topological polar surface area (TPSA) is 26.3 Å². The maximum absolute atomic E-state index is 10.1. The first-order valence-corrected chi connectivity index (χ1v) is 4.13. The SMILES string of the molecule is CO[S@](C)(=O)=S. The molecule has 0 spiro atoms. The van der Waals surface area contributed by atoms with E-state index in [0.717, 1.165) is 0 Å². The highest BCUT2D eigenvalue weighted by molar-refractivity contribution is 8.29. The van der Waals surface area contributed by atoms with Gasteiger partial charge in [-0.2, -0.15) is 0 Å². The van der Waals surface area contributed by atoms with Crippen LogP contribution in [0.1, 0.15) is 0 Å². The standard InChI is InChI=1S/C2H6O2S2/c1-4-6(2,3)5/h1-2H3/t6-/m0/s1. The number of hydrogen-bond donors (Lipinski definition) is 0. The van der Waals surface area contributed by atoms with Gasteiger partial charge in [-0.1, -0.05) is 0 Å². The summed E-state index contributed by atoms with van der Waals surface area (Å²) in [6, 6.07) is 0. The number of hydrogen-bond acceptors (Lipinski definition) is 3. The Balaban J connectivity index is 3.85. The van der Waals surface area contributed by atoms with Crippen LogP contribution in [-0.2, 0) is 24.1 Å². The zero-order chi connectivity index (χ0) is 5.21. The molecule has 0 saturated carbocycles. The average molecular weight is 126 g/mol. The van der Waals surface area contributed by atoms with Gasteiger partial charge in [-0.05, 0) is 0 Å². The Morgan fingerprint density at radius 3 is 2.00 bits per heavy atom. The lowest BCUT2D eigenvalue weighted by atomic mass is 11.8. The minimum Gasteiger partial charge on any atom is -0.294 e. The van der Waals surface area contributed by atoms with Crippen LogP contribution in [0.4, 0.5) is 0 Å². The highest BCUT2D eigenvalue weighted by Gasteiger charge is 1.84. The molecule has 0 aliphatic heterocycles. The first kappa shape index (κ1) is 6.33. The Bertz CT molecular complexity index is 112. The summed E-state index contributed by atoms with van der Waals surface area (Å²) in [6.07, 6.45) is 1.36. The minimum atomic E-state index is -2.33. The largest absolute Gasteiger partial charge is 0.294 e. The van der Waals surface area contributed by atoms with E-state index in [1.54, 1.807) is 0 Å². The summed E-state index contributed by atoms with van der Waals surface area (Å²) in [5.74, 6) is 0. The second-order valence-corrected chi connectivity index (χ2v) is 4.43. The molecule has 6 heavy (non-hydrogen) atoms. The van der Waals surface area contributed by atoms with Crippen LogP contribution in [0.5, 0.6) is 0 Å². The molecular weight excluding hydrogens is 120 g/mol. The van der Waals surface area contributed by atoms with E-state index in [1.807, 2.05) is 0 Å². The fourth-order valence-electron chi connectivity index (χ4n) is 0. The third-order valence-electron chi connectivity index (χ3n) is 0.303. The third kappa shape index (κ3) is 4.33. The van der Waals surface area contributed by atoms with Gasteiger partial charge in [0, 0.05) is 17.4 Å². The molecule has 0 heterocycles. The molecule has 0 bridgehead atoms. The summed E-state index contributed by atoms with van der Waals surface area (Å²) >= 11 is 4.29. The lowest BCUT2D eigenvalue weighted by Gasteiger charge is -1.88. The van der Waals surface area contributed by atoms with Gasteiger partial charge in [0.15, 0.2) is 0 Å². The molecule has 0 aliphatic rings. The summed E-state index contributed by atoms with van der Waals surface area (Å²) in [5.41, 5.74) is 0. The molecule has 0 aromatic rings. The summed E-state index contributed by atoms with van der Waals surface area (Å²) in [4.78, 5) is 0. The zero-order valence-corrected chi connectivity index (χ0v) is 5.27. The Kier molecular flexibility index (Phi) is 1.96. The second-order valence-electron chi connectivity index (χ2n) is 0.871. The maximum atomic E-state index is 10.1. The zero-order valence-electron chi connectivity index (χ0n) is 3.63. The van der Waals surface area contributed by atoms with E-state index in [9.17, 15) is 4.21 Å². The van der Waals surface area contributed by atoms with E-state index in [4.69, 9.17) is 0 Å². The minimum absolute atomic E-state index is 1.33. The van der Waals surface area contributed by atoms with Crippen molar-refractivity contribution in [2.45, 2.75) is 0 Å². The van der Waals surface area contributed by atoms with Crippen molar-refractivity contribution in [2.24, 2.45) is 0 Å². The van der Waals surface area contributed by atoms with Crippen molar-refractivity contribution >= 4 is 20.0 Å². The fourth-order valence-corrected chi connectivity index (χ4v) is 0. The Labute approximate surface area is 42.4 Å². The fraction of sp³-hybridized carbons (Fsp3) is 1.00. The molecular formula is C2H6O2S2. The van der Waals surface area contributed by atoms with E-state index in [1.165, 1.54) is 13.4 Å². The van der Waals surface area contributed by atoms with Crippen molar-refractivity contribution in [3.8, 4) is 0 Å². The summed E-state index contributed by atoms with van der Waals surface area (Å²) in [7, 11) is -1.00. The lowest BCUT2D eigenvalue weighted by molar-refractivity contribution is 0.448. The van der Waals surface area contributed by atoms with Crippen molar-refractivity contribution in [3.63, 3.8) is 0 Å². The molecule has 0 radical (unpaired) electrons. The monoisotopic (exact) mass is 126 g/mol. The molecule has 0 aromatic carbocycles. The van der Waals surface area contributed by atoms with Gasteiger partial charge in [0.2, 0.25) is 0 Å². The van der Waals surface area contributed by atoms with Gasteiger partial charge in [-0.3, -0.25) is 4.18 Å². The summed E-state index contributed by atoms with van der Waals surface area (Å²) in [5, 5.41) is 0. The van der Waals surface area contributed by atoms with Crippen molar-refractivity contribution < 1.29 is 8.39 Å². The van der Waals surface area contributed by atoms with Crippen LogP contribution in [0.25, 0.3) is 0 Å². The van der Waals surface area contributed by atoms with E-state index < -0.39 is 8.77 Å².